The Morgan fingerprint density at radius 3 is 2.44 bits per heavy atom. The van der Waals surface area contributed by atoms with Crippen LogP contribution in [0.3, 0.4) is 0 Å². The minimum atomic E-state index is -0.192. The second-order valence-corrected chi connectivity index (χ2v) is 5.37. The number of aryl methyl sites for hydroxylation is 1. The number of nitrogens with one attached hydrogen (secondary N) is 1. The number of methoxy groups -OCH3 is 1. The van der Waals surface area contributed by atoms with Gasteiger partial charge in [0.25, 0.3) is 0 Å². The molecule has 0 radical (unpaired) electrons. The summed E-state index contributed by atoms with van der Waals surface area (Å²) in [6.07, 6.45) is 0. The Labute approximate surface area is 109 Å². The van der Waals surface area contributed by atoms with Crippen LogP contribution in [0.5, 0.6) is 5.75 Å². The van der Waals surface area contributed by atoms with Crippen LogP contribution >= 0.6 is 0 Å². The van der Waals surface area contributed by atoms with Crippen LogP contribution in [0.25, 0.3) is 0 Å². The normalized spacial score (nSPS) is 11.2. The van der Waals surface area contributed by atoms with Crippen LogP contribution in [0.15, 0.2) is 12.1 Å². The first-order valence-electron chi connectivity index (χ1n) is 5.98. The highest BCUT2D eigenvalue weighted by atomic mass is 16.5. The van der Waals surface area contributed by atoms with Crippen molar-refractivity contribution in [3.8, 4) is 5.75 Å². The lowest BCUT2D eigenvalue weighted by Crippen LogP contribution is -2.23. The summed E-state index contributed by atoms with van der Waals surface area (Å²) in [5.74, 6) is 0.647. The molecule has 0 aliphatic heterocycles. The van der Waals surface area contributed by atoms with E-state index in [0.29, 0.717) is 0 Å². The molecule has 1 aromatic carbocycles. The van der Waals surface area contributed by atoms with E-state index in [9.17, 15) is 4.79 Å². The Morgan fingerprint density at radius 2 is 2.00 bits per heavy atom. The summed E-state index contributed by atoms with van der Waals surface area (Å²) in [7, 11) is 1.65. The van der Waals surface area contributed by atoms with Gasteiger partial charge >= 0.3 is 0 Å². The van der Waals surface area contributed by atoms with Crippen LogP contribution in [0.1, 0.15) is 31.9 Å². The largest absolute Gasteiger partial charge is 0.496 e. The van der Waals surface area contributed by atoms with Crippen molar-refractivity contribution in [1.82, 2.24) is 0 Å². The SMILES string of the molecule is COc1cc(C)c(NC(=O)CN)cc1C(C)(C)C. The van der Waals surface area contributed by atoms with Crippen LogP contribution in [0.2, 0.25) is 0 Å². The maximum absolute atomic E-state index is 11.4. The molecule has 0 aromatic heterocycles. The van der Waals surface area contributed by atoms with Crippen LogP contribution in [-0.2, 0) is 10.2 Å². The van der Waals surface area contributed by atoms with E-state index in [0.717, 1.165) is 22.6 Å². The zero-order valence-corrected chi connectivity index (χ0v) is 11.8. The van der Waals surface area contributed by atoms with Crippen molar-refractivity contribution in [2.75, 3.05) is 19.0 Å². The standard InChI is InChI=1S/C14H22N2O2/c1-9-6-12(18-5)10(14(2,3)4)7-11(9)16-13(17)8-15/h6-7H,8,15H2,1-5H3,(H,16,17). The molecule has 100 valence electrons. The van der Waals surface area contributed by atoms with E-state index >= 15 is 0 Å². The summed E-state index contributed by atoms with van der Waals surface area (Å²) in [5, 5.41) is 2.80. The second-order valence-electron chi connectivity index (χ2n) is 5.37. The van der Waals surface area contributed by atoms with Gasteiger partial charge in [0.1, 0.15) is 5.75 Å². The van der Waals surface area contributed by atoms with Gasteiger partial charge in [-0.3, -0.25) is 4.79 Å². The Bertz CT molecular complexity index is 448. The fourth-order valence-electron chi connectivity index (χ4n) is 1.77. The number of ether oxygens (including phenoxy) is 1. The first-order valence-corrected chi connectivity index (χ1v) is 5.98. The quantitative estimate of drug-likeness (QED) is 0.864. The van der Waals surface area contributed by atoms with Crippen LogP contribution in [-0.4, -0.2) is 19.6 Å². The van der Waals surface area contributed by atoms with Gasteiger partial charge in [-0.1, -0.05) is 20.8 Å². The lowest BCUT2D eigenvalue weighted by atomic mass is 9.85. The topological polar surface area (TPSA) is 64.3 Å². The van der Waals surface area contributed by atoms with Crippen molar-refractivity contribution in [2.45, 2.75) is 33.1 Å². The first kappa shape index (κ1) is 14.5. The van der Waals surface area contributed by atoms with Gasteiger partial charge in [-0.15, -0.1) is 0 Å². The first-order chi connectivity index (χ1) is 8.29. The van der Waals surface area contributed by atoms with E-state index in [4.69, 9.17) is 10.5 Å². The molecule has 0 aliphatic carbocycles. The van der Waals surface area contributed by atoms with Gasteiger partial charge in [0, 0.05) is 11.3 Å². The zero-order valence-electron chi connectivity index (χ0n) is 11.8. The average molecular weight is 250 g/mol. The summed E-state index contributed by atoms with van der Waals surface area (Å²) in [4.78, 5) is 11.4. The van der Waals surface area contributed by atoms with Crippen molar-refractivity contribution in [3.05, 3.63) is 23.3 Å². The van der Waals surface area contributed by atoms with Gasteiger partial charge in [0.15, 0.2) is 0 Å². The Morgan fingerprint density at radius 1 is 1.39 bits per heavy atom. The summed E-state index contributed by atoms with van der Waals surface area (Å²) in [6.45, 7) is 8.23. The third kappa shape index (κ3) is 3.23. The van der Waals surface area contributed by atoms with E-state index < -0.39 is 0 Å². The molecule has 1 rings (SSSR count). The molecular formula is C14H22N2O2. The summed E-state index contributed by atoms with van der Waals surface area (Å²) in [6, 6.07) is 3.90. The molecule has 4 heteroatoms. The zero-order chi connectivity index (χ0) is 13.9. The summed E-state index contributed by atoms with van der Waals surface area (Å²) < 4.78 is 5.40. The number of amides is 1. The number of rotatable bonds is 3. The lowest BCUT2D eigenvalue weighted by Gasteiger charge is -2.24. The highest BCUT2D eigenvalue weighted by Crippen LogP contribution is 2.35. The Balaban J connectivity index is 3.26. The highest BCUT2D eigenvalue weighted by molar-refractivity contribution is 5.93. The summed E-state index contributed by atoms with van der Waals surface area (Å²) in [5.41, 5.74) is 8.07. The lowest BCUT2D eigenvalue weighted by molar-refractivity contribution is -0.114. The van der Waals surface area contributed by atoms with Gasteiger partial charge in [-0.05, 0) is 30.0 Å². The third-order valence-corrected chi connectivity index (χ3v) is 2.81. The molecule has 0 heterocycles. The predicted molar refractivity (Wildman–Crippen MR) is 74.1 cm³/mol. The summed E-state index contributed by atoms with van der Waals surface area (Å²) >= 11 is 0. The molecule has 4 nitrogen and oxygen atoms in total. The number of carbonyl (C=O) groups is 1. The predicted octanol–water partition coefficient (Wildman–Crippen LogP) is 2.20. The number of hydrogen-bond donors (Lipinski definition) is 2. The van der Waals surface area contributed by atoms with E-state index in [-0.39, 0.29) is 17.9 Å². The van der Waals surface area contributed by atoms with Gasteiger partial charge in [0.05, 0.1) is 13.7 Å². The molecule has 0 bridgehead atoms. The van der Waals surface area contributed by atoms with Gasteiger partial charge in [0.2, 0.25) is 5.91 Å². The van der Waals surface area contributed by atoms with E-state index in [1.54, 1.807) is 7.11 Å². The molecule has 0 spiro atoms. The Hall–Kier alpha value is -1.55. The number of hydrogen-bond acceptors (Lipinski definition) is 3. The highest BCUT2D eigenvalue weighted by Gasteiger charge is 2.20. The van der Waals surface area contributed by atoms with Crippen molar-refractivity contribution in [1.29, 1.82) is 0 Å². The number of benzene rings is 1. The van der Waals surface area contributed by atoms with Crippen molar-refractivity contribution in [2.24, 2.45) is 5.73 Å². The van der Waals surface area contributed by atoms with Crippen LogP contribution < -0.4 is 15.8 Å². The van der Waals surface area contributed by atoms with E-state index in [2.05, 4.69) is 26.1 Å². The van der Waals surface area contributed by atoms with Gasteiger partial charge < -0.3 is 15.8 Å². The van der Waals surface area contributed by atoms with Crippen molar-refractivity contribution < 1.29 is 9.53 Å². The molecule has 0 atom stereocenters. The molecular weight excluding hydrogens is 228 g/mol. The van der Waals surface area contributed by atoms with E-state index in [1.807, 2.05) is 19.1 Å². The molecule has 1 aromatic rings. The maximum atomic E-state index is 11.4. The average Bonchev–Trinajstić information content (AvgIpc) is 2.29. The monoisotopic (exact) mass is 250 g/mol. The van der Waals surface area contributed by atoms with Crippen molar-refractivity contribution >= 4 is 11.6 Å². The van der Waals surface area contributed by atoms with E-state index in [1.165, 1.54) is 0 Å². The van der Waals surface area contributed by atoms with Crippen LogP contribution in [0.4, 0.5) is 5.69 Å². The third-order valence-electron chi connectivity index (χ3n) is 2.81. The van der Waals surface area contributed by atoms with Crippen molar-refractivity contribution in [3.63, 3.8) is 0 Å². The fraction of sp³-hybridized carbons (Fsp3) is 0.500. The maximum Gasteiger partial charge on any atom is 0.238 e. The molecule has 1 amide bonds. The molecule has 0 saturated carbocycles. The molecule has 0 aliphatic rings. The molecule has 18 heavy (non-hydrogen) atoms. The number of carbonyl (C=O) groups excluding carboxylic acids is 1. The fourth-order valence-corrected chi connectivity index (χ4v) is 1.77. The van der Waals surface area contributed by atoms with Gasteiger partial charge in [-0.25, -0.2) is 0 Å². The molecule has 0 fully saturated rings. The molecule has 0 saturated heterocycles. The number of nitrogens with two attached hydrogens (primary N) is 1. The van der Waals surface area contributed by atoms with Gasteiger partial charge in [-0.2, -0.15) is 0 Å². The minimum Gasteiger partial charge on any atom is -0.496 e. The number of anilines is 1. The molecule has 3 N–H and O–H groups in total. The second kappa shape index (κ2) is 5.40. The Kier molecular flexibility index (Phi) is 4.35. The molecule has 0 unspecified atom stereocenters. The smallest absolute Gasteiger partial charge is 0.238 e. The minimum absolute atomic E-state index is 0.0175. The van der Waals surface area contributed by atoms with Crippen LogP contribution in [0, 0.1) is 6.92 Å².